The Kier molecular flexibility index (Phi) is 9.30. The van der Waals surface area contributed by atoms with Gasteiger partial charge in [-0.15, -0.1) is 0 Å². The van der Waals surface area contributed by atoms with Gasteiger partial charge in [0.2, 0.25) is 5.88 Å². The van der Waals surface area contributed by atoms with Gasteiger partial charge in [0, 0.05) is 29.9 Å². The van der Waals surface area contributed by atoms with E-state index in [1.54, 1.807) is 11.0 Å². The number of fused-ring (bicyclic) bond motifs is 1. The molecule has 3 aliphatic rings. The highest BCUT2D eigenvalue weighted by atomic mass is 35.5. The molecule has 0 bridgehead atoms. The molecule has 262 valence electrons. The van der Waals surface area contributed by atoms with Gasteiger partial charge in [0.25, 0.3) is 0 Å². The molecule has 7 heterocycles. The number of nitrogen functional groups attached to an aromatic ring is 2. The Hall–Kier alpha value is -4.31. The molecule has 4 atom stereocenters. The summed E-state index contributed by atoms with van der Waals surface area (Å²) in [6.45, 7) is 6.64. The predicted octanol–water partition coefficient (Wildman–Crippen LogP) is 6.32. The van der Waals surface area contributed by atoms with Crippen molar-refractivity contribution in [2.75, 3.05) is 43.2 Å². The number of methoxy groups -OCH3 is 1. The van der Waals surface area contributed by atoms with Crippen LogP contribution in [0.5, 0.6) is 11.9 Å². The Morgan fingerprint density at radius 3 is 2.59 bits per heavy atom. The van der Waals surface area contributed by atoms with Crippen LogP contribution in [0.1, 0.15) is 56.0 Å². The first-order valence-electron chi connectivity index (χ1n) is 15.7. The van der Waals surface area contributed by atoms with E-state index in [1.807, 2.05) is 13.8 Å². The quantitative estimate of drug-likeness (QED) is 0.230. The van der Waals surface area contributed by atoms with E-state index in [1.165, 1.54) is 26.1 Å². The number of hydrogen-bond donors (Lipinski definition) is 2. The SMILES string of the molecule is COc1nc2c3c(nc(-c4cc(N)nc(C)c4C(F)(F)F)c(F)c3n1)OC[C@H](C)N2C(C)c1cc(Cl)cnc1N.FC1CC2CCCN2C1. The molecule has 0 aromatic carbocycles. The molecule has 3 aliphatic heterocycles. The first-order chi connectivity index (χ1) is 23.2. The third kappa shape index (κ3) is 6.55. The number of nitrogens with zero attached hydrogens (tertiary/aromatic N) is 7. The summed E-state index contributed by atoms with van der Waals surface area (Å²) in [7, 11) is 1.28. The molecule has 0 aliphatic carbocycles. The molecule has 4 N–H and O–H groups in total. The van der Waals surface area contributed by atoms with Crippen molar-refractivity contribution < 1.29 is 31.4 Å². The zero-order valence-corrected chi connectivity index (χ0v) is 27.9. The molecule has 49 heavy (non-hydrogen) atoms. The third-order valence-corrected chi connectivity index (χ3v) is 9.28. The van der Waals surface area contributed by atoms with Crippen LogP contribution in [0.2, 0.25) is 5.02 Å². The van der Waals surface area contributed by atoms with Crippen LogP contribution in [0.4, 0.5) is 39.4 Å². The molecule has 0 amide bonds. The van der Waals surface area contributed by atoms with Gasteiger partial charge in [0.1, 0.15) is 46.8 Å². The van der Waals surface area contributed by atoms with Crippen molar-refractivity contribution in [1.29, 1.82) is 0 Å². The number of aromatic nitrogens is 5. The molecule has 2 fully saturated rings. The molecule has 2 saturated heterocycles. The maximum Gasteiger partial charge on any atom is 0.418 e. The predicted molar refractivity (Wildman–Crippen MR) is 175 cm³/mol. The van der Waals surface area contributed by atoms with Gasteiger partial charge in [-0.3, -0.25) is 4.90 Å². The van der Waals surface area contributed by atoms with Crippen molar-refractivity contribution in [1.82, 2.24) is 29.8 Å². The number of hydrogen-bond acceptors (Lipinski definition) is 11. The van der Waals surface area contributed by atoms with Crippen LogP contribution in [0.3, 0.4) is 0 Å². The summed E-state index contributed by atoms with van der Waals surface area (Å²) in [6.07, 6.45) is -0.654. The summed E-state index contributed by atoms with van der Waals surface area (Å²) in [4.78, 5) is 24.7. The minimum atomic E-state index is -4.88. The molecule has 11 nitrogen and oxygen atoms in total. The zero-order chi connectivity index (χ0) is 35.4. The number of ether oxygens (including phenoxy) is 2. The molecular formula is C32H35ClF5N9O2. The molecule has 17 heteroatoms. The van der Waals surface area contributed by atoms with Gasteiger partial charge in [-0.1, -0.05) is 11.6 Å². The average Bonchev–Trinajstić information content (AvgIpc) is 3.58. The second kappa shape index (κ2) is 13.2. The first kappa shape index (κ1) is 34.5. The van der Waals surface area contributed by atoms with E-state index in [4.69, 9.17) is 32.5 Å². The van der Waals surface area contributed by atoms with E-state index >= 15 is 4.39 Å². The van der Waals surface area contributed by atoms with Crippen LogP contribution in [0.25, 0.3) is 22.2 Å². The van der Waals surface area contributed by atoms with Gasteiger partial charge in [-0.2, -0.15) is 23.1 Å². The van der Waals surface area contributed by atoms with E-state index < -0.39 is 52.8 Å². The molecule has 7 rings (SSSR count). The number of nitrogens with two attached hydrogens (primary N) is 2. The number of anilines is 3. The van der Waals surface area contributed by atoms with Gasteiger partial charge in [-0.05, 0) is 58.7 Å². The summed E-state index contributed by atoms with van der Waals surface area (Å²) in [5, 5.41) is 0.393. The third-order valence-electron chi connectivity index (χ3n) is 9.08. The fraction of sp³-hybridized carbons (Fsp3) is 0.469. The normalized spacial score (nSPS) is 21.1. The van der Waals surface area contributed by atoms with Crippen molar-refractivity contribution in [3.8, 4) is 23.1 Å². The fourth-order valence-electron chi connectivity index (χ4n) is 6.94. The van der Waals surface area contributed by atoms with Crippen LogP contribution in [-0.4, -0.2) is 74.9 Å². The highest BCUT2D eigenvalue weighted by molar-refractivity contribution is 6.30. The zero-order valence-electron chi connectivity index (χ0n) is 27.2. The van der Waals surface area contributed by atoms with E-state index in [0.29, 0.717) is 23.2 Å². The summed E-state index contributed by atoms with van der Waals surface area (Å²) < 4.78 is 82.3. The van der Waals surface area contributed by atoms with Crippen molar-refractivity contribution in [2.24, 2.45) is 0 Å². The van der Waals surface area contributed by atoms with E-state index in [0.717, 1.165) is 26.0 Å². The number of pyridine rings is 3. The van der Waals surface area contributed by atoms with Crippen molar-refractivity contribution in [3.63, 3.8) is 0 Å². The Bertz CT molecular complexity index is 1890. The summed E-state index contributed by atoms with van der Waals surface area (Å²) in [5.74, 6) is -1.16. The van der Waals surface area contributed by atoms with Crippen LogP contribution >= 0.6 is 11.6 Å². The topological polar surface area (TPSA) is 141 Å². The smallest absolute Gasteiger partial charge is 0.418 e. The summed E-state index contributed by atoms with van der Waals surface area (Å²) in [6, 6.07) is 2.03. The number of alkyl halides is 4. The standard InChI is InChI=1S/C25H23ClF4N8O2.C7H12FN/c1-9-8-40-23-16-20(18(27)19(35-23)14-6-15(31)34-10(2)17(14)25(28,29)30)36-24(39-4)37-22(16)38(9)11(3)13-5-12(26)7-33-21(13)32;8-6-4-7-2-1-3-9(7)5-6/h5-7,9,11H,8H2,1-4H3,(H2,31,34)(H2,32,33);6-7H,1-5H2/t9-,11?;/m0./s1. The largest absolute Gasteiger partial charge is 0.475 e. The Morgan fingerprint density at radius 2 is 1.90 bits per heavy atom. The second-order valence-corrected chi connectivity index (χ2v) is 12.8. The van der Waals surface area contributed by atoms with Crippen LogP contribution in [-0.2, 0) is 6.18 Å². The molecular weight excluding hydrogens is 673 g/mol. The van der Waals surface area contributed by atoms with E-state index in [-0.39, 0.29) is 46.9 Å². The van der Waals surface area contributed by atoms with Gasteiger partial charge in [0.05, 0.1) is 35.5 Å². The molecule has 0 radical (unpaired) electrons. The summed E-state index contributed by atoms with van der Waals surface area (Å²) in [5.41, 5.74) is 9.25. The van der Waals surface area contributed by atoms with Crippen LogP contribution < -0.4 is 25.8 Å². The molecule has 0 saturated carbocycles. The lowest BCUT2D eigenvalue weighted by atomic mass is 10.0. The molecule has 3 unspecified atom stereocenters. The Labute approximate surface area is 283 Å². The minimum absolute atomic E-state index is 0.00767. The lowest BCUT2D eigenvalue weighted by Gasteiger charge is -2.35. The van der Waals surface area contributed by atoms with E-state index in [2.05, 4.69) is 29.8 Å². The lowest BCUT2D eigenvalue weighted by molar-refractivity contribution is -0.137. The van der Waals surface area contributed by atoms with Gasteiger partial charge >= 0.3 is 12.2 Å². The summed E-state index contributed by atoms with van der Waals surface area (Å²) >= 11 is 6.18. The van der Waals surface area contributed by atoms with Gasteiger partial charge in [-0.25, -0.2) is 23.7 Å². The van der Waals surface area contributed by atoms with Crippen molar-refractivity contribution >= 4 is 40.0 Å². The molecule has 0 spiro atoms. The fourth-order valence-corrected chi connectivity index (χ4v) is 7.10. The Morgan fingerprint density at radius 1 is 1.14 bits per heavy atom. The number of aryl methyl sites for hydroxylation is 1. The molecule has 4 aromatic heterocycles. The maximum absolute atomic E-state index is 16.3. The van der Waals surface area contributed by atoms with Crippen molar-refractivity contribution in [2.45, 2.75) is 70.5 Å². The highest BCUT2D eigenvalue weighted by Gasteiger charge is 2.40. The average molecular weight is 708 g/mol. The Balaban J connectivity index is 0.000000396. The highest BCUT2D eigenvalue weighted by Crippen LogP contribution is 2.46. The monoisotopic (exact) mass is 707 g/mol. The van der Waals surface area contributed by atoms with Gasteiger partial charge < -0.3 is 25.8 Å². The number of rotatable bonds is 4. The second-order valence-electron chi connectivity index (χ2n) is 12.4. The van der Waals surface area contributed by atoms with E-state index in [9.17, 15) is 17.6 Å². The first-order valence-corrected chi connectivity index (χ1v) is 16.1. The lowest BCUT2D eigenvalue weighted by Crippen LogP contribution is -2.39. The van der Waals surface area contributed by atoms with Crippen molar-refractivity contribution in [3.05, 3.63) is 46.0 Å². The minimum Gasteiger partial charge on any atom is -0.475 e. The maximum atomic E-state index is 16.3. The van der Waals surface area contributed by atoms with Crippen LogP contribution in [0, 0.1) is 12.7 Å². The molecule has 4 aromatic rings. The van der Waals surface area contributed by atoms with Crippen LogP contribution in [0.15, 0.2) is 18.3 Å². The van der Waals surface area contributed by atoms with Gasteiger partial charge in [0.15, 0.2) is 5.82 Å². The number of halogens is 6.